The summed E-state index contributed by atoms with van der Waals surface area (Å²) in [5.41, 5.74) is 0.102. The molecule has 2 atom stereocenters. The predicted molar refractivity (Wildman–Crippen MR) is 78.4 cm³/mol. The van der Waals surface area contributed by atoms with Crippen molar-refractivity contribution in [3.8, 4) is 0 Å². The smallest absolute Gasteiger partial charge is 0.131 e. The molecule has 0 aliphatic carbocycles. The largest absolute Gasteiger partial charge is 0.387 e. The number of anilines is 1. The van der Waals surface area contributed by atoms with Gasteiger partial charge < -0.3 is 15.7 Å². The minimum absolute atomic E-state index is 0.102. The highest BCUT2D eigenvalue weighted by molar-refractivity contribution is 5.35. The van der Waals surface area contributed by atoms with Gasteiger partial charge in [0.2, 0.25) is 0 Å². The molecule has 0 amide bonds. The van der Waals surface area contributed by atoms with Crippen LogP contribution in [0, 0.1) is 17.6 Å². The molecule has 1 aliphatic heterocycles. The zero-order chi connectivity index (χ0) is 15.5. The van der Waals surface area contributed by atoms with Crippen molar-refractivity contribution < 1.29 is 13.9 Å². The van der Waals surface area contributed by atoms with Crippen molar-refractivity contribution in [3.63, 3.8) is 0 Å². The Morgan fingerprint density at radius 1 is 1.41 bits per heavy atom. The van der Waals surface area contributed by atoms with Gasteiger partial charge in [0.1, 0.15) is 17.5 Å². The third-order valence-electron chi connectivity index (χ3n) is 3.81. The van der Waals surface area contributed by atoms with E-state index in [1.54, 1.807) is 6.20 Å². The van der Waals surface area contributed by atoms with Crippen LogP contribution in [0.2, 0.25) is 0 Å². The average molecular weight is 308 g/mol. The standard InChI is InChI=1S/C15H18F2N4O/c16-11-1-2-12(13(17)5-11)14(22)8-18-6-10-7-19-15-3-4-20-21(15)9-10/h1-5,10,14,18-19,22H,6-9H2/t10-,14-/m1/s1. The van der Waals surface area contributed by atoms with Gasteiger partial charge >= 0.3 is 0 Å². The van der Waals surface area contributed by atoms with Crippen molar-refractivity contribution in [1.29, 1.82) is 0 Å². The van der Waals surface area contributed by atoms with E-state index in [0.717, 1.165) is 31.0 Å². The summed E-state index contributed by atoms with van der Waals surface area (Å²) in [4.78, 5) is 0. The van der Waals surface area contributed by atoms with Gasteiger partial charge in [0, 0.05) is 49.8 Å². The second-order valence-corrected chi connectivity index (χ2v) is 5.49. The van der Waals surface area contributed by atoms with Crippen molar-refractivity contribution in [1.82, 2.24) is 15.1 Å². The van der Waals surface area contributed by atoms with Gasteiger partial charge in [-0.2, -0.15) is 5.10 Å². The highest BCUT2D eigenvalue weighted by Gasteiger charge is 2.19. The molecule has 0 spiro atoms. The van der Waals surface area contributed by atoms with Gasteiger partial charge in [0.05, 0.1) is 12.3 Å². The lowest BCUT2D eigenvalue weighted by Crippen LogP contribution is -2.36. The lowest BCUT2D eigenvalue weighted by atomic mass is 10.1. The maximum absolute atomic E-state index is 13.6. The Morgan fingerprint density at radius 2 is 2.27 bits per heavy atom. The SMILES string of the molecule is O[C@H](CNC[C@@H]1CNc2ccnn2C1)c1ccc(F)cc1F. The van der Waals surface area contributed by atoms with Crippen molar-refractivity contribution in [2.45, 2.75) is 12.6 Å². The molecule has 2 heterocycles. The van der Waals surface area contributed by atoms with Crippen LogP contribution in [0.5, 0.6) is 0 Å². The summed E-state index contributed by atoms with van der Waals surface area (Å²) >= 11 is 0. The number of benzene rings is 1. The van der Waals surface area contributed by atoms with Crippen molar-refractivity contribution in [2.75, 3.05) is 25.0 Å². The van der Waals surface area contributed by atoms with E-state index < -0.39 is 17.7 Å². The van der Waals surface area contributed by atoms with E-state index in [2.05, 4.69) is 15.7 Å². The monoisotopic (exact) mass is 308 g/mol. The van der Waals surface area contributed by atoms with E-state index in [4.69, 9.17) is 0 Å². The minimum Gasteiger partial charge on any atom is -0.387 e. The molecule has 22 heavy (non-hydrogen) atoms. The second-order valence-electron chi connectivity index (χ2n) is 5.49. The molecule has 0 bridgehead atoms. The first-order chi connectivity index (χ1) is 10.6. The molecule has 0 saturated carbocycles. The van der Waals surface area contributed by atoms with E-state index in [1.165, 1.54) is 6.07 Å². The summed E-state index contributed by atoms with van der Waals surface area (Å²) in [6.07, 6.45) is 0.747. The summed E-state index contributed by atoms with van der Waals surface area (Å²) in [7, 11) is 0. The van der Waals surface area contributed by atoms with Gasteiger partial charge in [0.25, 0.3) is 0 Å². The van der Waals surface area contributed by atoms with Crippen molar-refractivity contribution >= 4 is 5.82 Å². The summed E-state index contributed by atoms with van der Waals surface area (Å²) in [6.45, 7) is 2.50. The number of aliphatic hydroxyl groups is 1. The molecule has 118 valence electrons. The molecular weight excluding hydrogens is 290 g/mol. The van der Waals surface area contributed by atoms with E-state index in [1.807, 2.05) is 10.7 Å². The summed E-state index contributed by atoms with van der Waals surface area (Å²) in [6, 6.07) is 5.12. The number of nitrogens with one attached hydrogen (secondary N) is 2. The molecule has 3 N–H and O–H groups in total. The summed E-state index contributed by atoms with van der Waals surface area (Å²) in [5.74, 6) is -0.0399. The fourth-order valence-electron chi connectivity index (χ4n) is 2.63. The van der Waals surface area contributed by atoms with E-state index >= 15 is 0 Å². The molecule has 0 saturated heterocycles. The van der Waals surface area contributed by atoms with Crippen molar-refractivity contribution in [2.24, 2.45) is 5.92 Å². The lowest BCUT2D eigenvalue weighted by molar-refractivity contribution is 0.167. The number of hydrogen-bond acceptors (Lipinski definition) is 4. The van der Waals surface area contributed by atoms with E-state index in [9.17, 15) is 13.9 Å². The van der Waals surface area contributed by atoms with Crippen LogP contribution >= 0.6 is 0 Å². The number of rotatable bonds is 5. The quantitative estimate of drug-likeness (QED) is 0.784. The maximum Gasteiger partial charge on any atom is 0.131 e. The molecule has 0 radical (unpaired) electrons. The topological polar surface area (TPSA) is 62.1 Å². The van der Waals surface area contributed by atoms with Crippen LogP contribution in [0.3, 0.4) is 0 Å². The molecule has 1 aromatic carbocycles. The van der Waals surface area contributed by atoms with Crippen molar-refractivity contribution in [3.05, 3.63) is 47.7 Å². The Morgan fingerprint density at radius 3 is 3.09 bits per heavy atom. The first-order valence-corrected chi connectivity index (χ1v) is 7.23. The highest BCUT2D eigenvalue weighted by atomic mass is 19.1. The van der Waals surface area contributed by atoms with Crippen LogP contribution in [-0.4, -0.2) is 34.5 Å². The molecular formula is C15H18F2N4O. The van der Waals surface area contributed by atoms with Gasteiger partial charge in [-0.3, -0.25) is 0 Å². The Balaban J connectivity index is 1.49. The number of fused-ring (bicyclic) bond motifs is 1. The number of aromatic nitrogens is 2. The molecule has 5 nitrogen and oxygen atoms in total. The number of hydrogen-bond donors (Lipinski definition) is 3. The molecule has 7 heteroatoms. The van der Waals surface area contributed by atoms with Crippen LogP contribution in [0.1, 0.15) is 11.7 Å². The average Bonchev–Trinajstić information content (AvgIpc) is 2.94. The first-order valence-electron chi connectivity index (χ1n) is 7.23. The molecule has 0 fully saturated rings. The van der Waals surface area contributed by atoms with Crippen LogP contribution in [0.4, 0.5) is 14.6 Å². The second kappa shape index (κ2) is 6.41. The lowest BCUT2D eigenvalue weighted by Gasteiger charge is -2.25. The summed E-state index contributed by atoms with van der Waals surface area (Å²) in [5, 5.41) is 20.6. The third kappa shape index (κ3) is 3.26. The molecule has 3 rings (SSSR count). The fourth-order valence-corrected chi connectivity index (χ4v) is 2.63. The van der Waals surface area contributed by atoms with Crippen LogP contribution in [0.15, 0.2) is 30.5 Å². The van der Waals surface area contributed by atoms with Gasteiger partial charge in [-0.05, 0) is 6.07 Å². The highest BCUT2D eigenvalue weighted by Crippen LogP contribution is 2.18. The molecule has 1 aliphatic rings. The maximum atomic E-state index is 13.6. The van der Waals surface area contributed by atoms with Gasteiger partial charge in [-0.25, -0.2) is 13.5 Å². The number of nitrogens with zero attached hydrogens (tertiary/aromatic N) is 2. The van der Waals surface area contributed by atoms with E-state index in [0.29, 0.717) is 12.5 Å². The minimum atomic E-state index is -1.00. The van der Waals surface area contributed by atoms with Crippen LogP contribution < -0.4 is 10.6 Å². The van der Waals surface area contributed by atoms with E-state index in [-0.39, 0.29) is 12.1 Å². The van der Waals surface area contributed by atoms with Gasteiger partial charge in [-0.15, -0.1) is 0 Å². The summed E-state index contributed by atoms with van der Waals surface area (Å²) < 4.78 is 28.3. The number of aliphatic hydroxyl groups excluding tert-OH is 1. The fraction of sp³-hybridized carbons (Fsp3) is 0.400. The Bertz CT molecular complexity index is 646. The zero-order valence-corrected chi connectivity index (χ0v) is 12.0. The Hall–Kier alpha value is -1.99. The zero-order valence-electron chi connectivity index (χ0n) is 12.0. The molecule has 1 aromatic heterocycles. The van der Waals surface area contributed by atoms with Crippen LogP contribution in [0.25, 0.3) is 0 Å². The third-order valence-corrected chi connectivity index (χ3v) is 3.81. The normalized spacial score (nSPS) is 18.6. The Labute approximate surface area is 127 Å². The molecule has 2 aromatic rings. The van der Waals surface area contributed by atoms with Gasteiger partial charge in [-0.1, -0.05) is 6.07 Å². The first kappa shape index (κ1) is 14.9. The Kier molecular flexibility index (Phi) is 4.35. The van der Waals surface area contributed by atoms with Crippen LogP contribution in [-0.2, 0) is 6.54 Å². The molecule has 0 unspecified atom stereocenters. The number of halogens is 2. The van der Waals surface area contributed by atoms with Gasteiger partial charge in [0.15, 0.2) is 0 Å². The predicted octanol–water partition coefficient (Wildman–Crippen LogP) is 1.53.